The highest BCUT2D eigenvalue weighted by molar-refractivity contribution is 7.80. The summed E-state index contributed by atoms with van der Waals surface area (Å²) in [4.78, 5) is 12.7. The summed E-state index contributed by atoms with van der Waals surface area (Å²) >= 11 is 4.86. The summed E-state index contributed by atoms with van der Waals surface area (Å²) in [5, 5.41) is 1.27. The number of hydrogen-bond donors (Lipinski definition) is 2. The summed E-state index contributed by atoms with van der Waals surface area (Å²) in [6.07, 6.45) is 0. The average molecular weight is 331 g/mol. The van der Waals surface area contributed by atoms with E-state index >= 15 is 0 Å². The Morgan fingerprint density at radius 3 is 1.91 bits per heavy atom. The lowest BCUT2D eigenvalue weighted by molar-refractivity contribution is 0.0980. The maximum Gasteiger partial charge on any atom is 0.276 e. The first kappa shape index (κ1) is 16.6. The van der Waals surface area contributed by atoms with Gasteiger partial charge in [-0.25, -0.2) is 5.01 Å². The van der Waals surface area contributed by atoms with Crippen LogP contribution in [-0.4, -0.2) is 25.2 Å². The zero-order valence-corrected chi connectivity index (χ0v) is 13.6. The molecule has 23 heavy (non-hydrogen) atoms. The van der Waals surface area contributed by atoms with Gasteiger partial charge in [-0.1, -0.05) is 0 Å². The first-order valence-corrected chi connectivity index (χ1v) is 7.14. The molecular formula is C16H17N3O3S. The van der Waals surface area contributed by atoms with Crippen molar-refractivity contribution in [3.8, 4) is 11.5 Å². The standard InChI is InChI=1S/C16H17N3O3S/c1-21-13-7-3-11(4-8-13)15(20)19(18-16(17)23)12-5-9-14(22-2)10-6-12/h3-10H,1-2H3,(H3,17,18,23). The minimum Gasteiger partial charge on any atom is -0.497 e. The van der Waals surface area contributed by atoms with Gasteiger partial charge in [-0.2, -0.15) is 0 Å². The highest BCUT2D eigenvalue weighted by Gasteiger charge is 2.18. The molecule has 0 atom stereocenters. The van der Waals surface area contributed by atoms with Crippen LogP contribution in [0, 0.1) is 0 Å². The summed E-state index contributed by atoms with van der Waals surface area (Å²) in [7, 11) is 3.14. The number of hydrazine groups is 1. The van der Waals surface area contributed by atoms with Crippen molar-refractivity contribution in [1.29, 1.82) is 0 Å². The number of ether oxygens (including phenoxy) is 2. The van der Waals surface area contributed by atoms with Crippen LogP contribution in [0.5, 0.6) is 11.5 Å². The van der Waals surface area contributed by atoms with Gasteiger partial charge in [-0.3, -0.25) is 10.2 Å². The Hall–Kier alpha value is -2.80. The molecule has 0 aliphatic heterocycles. The van der Waals surface area contributed by atoms with Gasteiger partial charge in [0.1, 0.15) is 11.5 Å². The Bertz CT molecular complexity index is 687. The van der Waals surface area contributed by atoms with Crippen LogP contribution in [0.3, 0.4) is 0 Å². The summed E-state index contributed by atoms with van der Waals surface area (Å²) in [5.41, 5.74) is 9.26. The SMILES string of the molecule is COc1ccc(C(=O)N(NC(N)=S)c2ccc(OC)cc2)cc1. The fourth-order valence-corrected chi connectivity index (χ4v) is 2.03. The van der Waals surface area contributed by atoms with Crippen LogP contribution in [0.25, 0.3) is 0 Å². The molecule has 7 heteroatoms. The molecule has 6 nitrogen and oxygen atoms in total. The van der Waals surface area contributed by atoms with Crippen LogP contribution in [0.15, 0.2) is 48.5 Å². The summed E-state index contributed by atoms with van der Waals surface area (Å²) in [6, 6.07) is 13.7. The number of rotatable bonds is 4. The molecule has 0 saturated heterocycles. The van der Waals surface area contributed by atoms with Crippen LogP contribution >= 0.6 is 12.2 Å². The third kappa shape index (κ3) is 4.10. The Labute approximate surface area is 139 Å². The van der Waals surface area contributed by atoms with Gasteiger partial charge in [0, 0.05) is 5.56 Å². The first-order chi connectivity index (χ1) is 11.0. The minimum absolute atomic E-state index is 0.0114. The first-order valence-electron chi connectivity index (χ1n) is 6.74. The van der Waals surface area contributed by atoms with Crippen molar-refractivity contribution in [1.82, 2.24) is 5.43 Å². The fourth-order valence-electron chi connectivity index (χ4n) is 1.94. The maximum absolute atomic E-state index is 12.7. The Balaban J connectivity index is 2.31. The van der Waals surface area contributed by atoms with E-state index in [1.807, 2.05) is 0 Å². The molecular weight excluding hydrogens is 314 g/mol. The molecule has 0 aromatic heterocycles. The van der Waals surface area contributed by atoms with E-state index in [2.05, 4.69) is 5.43 Å². The van der Waals surface area contributed by atoms with Crippen LogP contribution < -0.4 is 25.6 Å². The number of carbonyl (C=O) groups is 1. The molecule has 1 amide bonds. The molecule has 2 rings (SSSR count). The van der Waals surface area contributed by atoms with Crippen molar-refractivity contribution in [3.63, 3.8) is 0 Å². The summed E-state index contributed by atoms with van der Waals surface area (Å²) in [6.45, 7) is 0. The molecule has 2 aromatic carbocycles. The predicted octanol–water partition coefficient (Wildman–Crippen LogP) is 2.10. The van der Waals surface area contributed by atoms with E-state index < -0.39 is 0 Å². The molecule has 0 aliphatic rings. The number of anilines is 1. The predicted molar refractivity (Wildman–Crippen MR) is 92.7 cm³/mol. The number of nitrogens with one attached hydrogen (secondary N) is 1. The zero-order valence-electron chi connectivity index (χ0n) is 12.8. The minimum atomic E-state index is -0.300. The number of methoxy groups -OCH3 is 2. The molecule has 0 unspecified atom stereocenters. The highest BCUT2D eigenvalue weighted by Crippen LogP contribution is 2.20. The average Bonchev–Trinajstić information content (AvgIpc) is 2.59. The number of nitrogens with zero attached hydrogens (tertiary/aromatic N) is 1. The molecule has 0 heterocycles. The number of thiocarbonyl (C=S) groups is 1. The van der Waals surface area contributed by atoms with Crippen molar-refractivity contribution in [2.75, 3.05) is 19.2 Å². The van der Waals surface area contributed by atoms with Gasteiger partial charge in [0.2, 0.25) is 0 Å². The number of nitrogens with two attached hydrogens (primary N) is 1. The fraction of sp³-hybridized carbons (Fsp3) is 0.125. The van der Waals surface area contributed by atoms with E-state index in [9.17, 15) is 4.79 Å². The number of carbonyl (C=O) groups excluding carboxylic acids is 1. The lowest BCUT2D eigenvalue weighted by Crippen LogP contribution is -2.48. The van der Waals surface area contributed by atoms with Gasteiger partial charge in [-0.15, -0.1) is 0 Å². The number of amides is 1. The Morgan fingerprint density at radius 2 is 1.48 bits per heavy atom. The summed E-state index contributed by atoms with van der Waals surface area (Å²) < 4.78 is 10.2. The van der Waals surface area contributed by atoms with E-state index in [0.717, 1.165) is 0 Å². The second-order valence-corrected chi connectivity index (χ2v) is 4.98. The van der Waals surface area contributed by atoms with Gasteiger partial charge in [0.25, 0.3) is 5.91 Å². The van der Waals surface area contributed by atoms with Gasteiger partial charge in [0.15, 0.2) is 5.11 Å². The lowest BCUT2D eigenvalue weighted by atomic mass is 10.2. The second kappa shape index (κ2) is 7.46. The monoisotopic (exact) mass is 331 g/mol. The van der Waals surface area contributed by atoms with E-state index in [1.165, 1.54) is 5.01 Å². The van der Waals surface area contributed by atoms with Crippen molar-refractivity contribution in [2.45, 2.75) is 0 Å². The Kier molecular flexibility index (Phi) is 5.37. The topological polar surface area (TPSA) is 76.8 Å². The molecule has 0 aliphatic carbocycles. The molecule has 0 radical (unpaired) electrons. The molecule has 2 aromatic rings. The van der Waals surface area contributed by atoms with E-state index in [-0.39, 0.29) is 11.0 Å². The number of benzene rings is 2. The van der Waals surface area contributed by atoms with Gasteiger partial charge in [0.05, 0.1) is 19.9 Å². The van der Waals surface area contributed by atoms with Crippen LogP contribution in [0.2, 0.25) is 0 Å². The van der Waals surface area contributed by atoms with Crippen molar-refractivity contribution in [2.24, 2.45) is 5.73 Å². The normalized spacial score (nSPS) is 9.83. The quantitative estimate of drug-likeness (QED) is 0.660. The van der Waals surface area contributed by atoms with Crippen LogP contribution in [0.4, 0.5) is 5.69 Å². The van der Waals surface area contributed by atoms with Gasteiger partial charge in [-0.05, 0) is 60.7 Å². The maximum atomic E-state index is 12.7. The molecule has 0 spiro atoms. The second-order valence-electron chi connectivity index (χ2n) is 4.54. The van der Waals surface area contributed by atoms with E-state index in [1.54, 1.807) is 62.8 Å². The highest BCUT2D eigenvalue weighted by atomic mass is 32.1. The van der Waals surface area contributed by atoms with Crippen molar-refractivity contribution in [3.05, 3.63) is 54.1 Å². The Morgan fingerprint density at radius 1 is 1.00 bits per heavy atom. The van der Waals surface area contributed by atoms with Crippen molar-refractivity contribution < 1.29 is 14.3 Å². The van der Waals surface area contributed by atoms with Gasteiger partial charge < -0.3 is 15.2 Å². The van der Waals surface area contributed by atoms with Crippen LogP contribution in [-0.2, 0) is 0 Å². The third-order valence-electron chi connectivity index (χ3n) is 3.09. The molecule has 120 valence electrons. The van der Waals surface area contributed by atoms with Crippen molar-refractivity contribution >= 4 is 28.9 Å². The van der Waals surface area contributed by atoms with E-state index in [0.29, 0.717) is 22.7 Å². The number of hydrogen-bond acceptors (Lipinski definition) is 4. The smallest absolute Gasteiger partial charge is 0.276 e. The molecule has 3 N–H and O–H groups in total. The lowest BCUT2D eigenvalue weighted by Gasteiger charge is -2.23. The largest absolute Gasteiger partial charge is 0.497 e. The van der Waals surface area contributed by atoms with Gasteiger partial charge >= 0.3 is 0 Å². The molecule has 0 fully saturated rings. The molecule has 0 saturated carbocycles. The van der Waals surface area contributed by atoms with E-state index in [4.69, 9.17) is 27.4 Å². The zero-order chi connectivity index (χ0) is 16.8. The third-order valence-corrected chi connectivity index (χ3v) is 3.18. The van der Waals surface area contributed by atoms with Crippen LogP contribution in [0.1, 0.15) is 10.4 Å². The summed E-state index contributed by atoms with van der Waals surface area (Å²) in [5.74, 6) is 1.05. The molecule has 0 bridgehead atoms.